The van der Waals surface area contributed by atoms with E-state index < -0.39 is 0 Å². The van der Waals surface area contributed by atoms with Crippen LogP contribution in [-0.2, 0) is 17.6 Å². The number of fused-ring (bicyclic) bond motifs is 1. The van der Waals surface area contributed by atoms with Crippen LogP contribution in [0, 0.1) is 0 Å². The highest BCUT2D eigenvalue weighted by molar-refractivity contribution is 6.30. The number of carbonyl (C=O) groups excluding carboxylic acids is 1. The molecule has 0 bridgehead atoms. The second-order valence-electron chi connectivity index (χ2n) is 7.83. The van der Waals surface area contributed by atoms with Gasteiger partial charge < -0.3 is 10.2 Å². The monoisotopic (exact) mass is 409 g/mol. The zero-order valence-corrected chi connectivity index (χ0v) is 17.8. The third kappa shape index (κ3) is 4.48. The number of hydrogen-bond donors (Lipinski definition) is 1. The molecule has 2 aliphatic rings. The molecule has 0 radical (unpaired) electrons. The predicted octanol–water partition coefficient (Wildman–Crippen LogP) is 4.80. The number of benzene rings is 1. The van der Waals surface area contributed by atoms with Crippen LogP contribution in [0.3, 0.4) is 0 Å². The van der Waals surface area contributed by atoms with Gasteiger partial charge in [0.25, 0.3) is 0 Å². The topological polar surface area (TPSA) is 45.2 Å². The number of rotatable bonds is 6. The molecule has 1 fully saturated rings. The van der Waals surface area contributed by atoms with Crippen molar-refractivity contribution in [2.24, 2.45) is 0 Å². The smallest absolute Gasteiger partial charge is 0.247 e. The van der Waals surface area contributed by atoms with E-state index in [0.717, 1.165) is 59.2 Å². The molecule has 152 valence electrons. The van der Waals surface area contributed by atoms with Crippen LogP contribution in [0.1, 0.15) is 49.4 Å². The van der Waals surface area contributed by atoms with Crippen LogP contribution in [0.25, 0.3) is 5.57 Å². The zero-order chi connectivity index (χ0) is 20.2. The third-order valence-electron chi connectivity index (χ3n) is 5.89. The van der Waals surface area contributed by atoms with Gasteiger partial charge in [0.2, 0.25) is 5.91 Å². The van der Waals surface area contributed by atoms with Crippen molar-refractivity contribution in [2.45, 2.75) is 45.4 Å². The number of amides is 1. The molecule has 4 rings (SSSR count). The summed E-state index contributed by atoms with van der Waals surface area (Å²) in [6.45, 7) is 4.86. The van der Waals surface area contributed by atoms with E-state index in [0.29, 0.717) is 13.0 Å². The third-order valence-corrected chi connectivity index (χ3v) is 6.13. The van der Waals surface area contributed by atoms with Crippen LogP contribution < -0.4 is 10.2 Å². The number of pyridine rings is 1. The first-order valence-corrected chi connectivity index (χ1v) is 11.0. The Morgan fingerprint density at radius 2 is 2.00 bits per heavy atom. The van der Waals surface area contributed by atoms with E-state index >= 15 is 0 Å². The van der Waals surface area contributed by atoms with Crippen LogP contribution in [0.5, 0.6) is 0 Å². The fraction of sp³-hybridized carbons (Fsp3) is 0.417. The summed E-state index contributed by atoms with van der Waals surface area (Å²) in [7, 11) is 0. The van der Waals surface area contributed by atoms with E-state index in [1.807, 2.05) is 24.3 Å². The second kappa shape index (κ2) is 9.00. The minimum absolute atomic E-state index is 0.0290. The molecular formula is C24H28ClN3O. The van der Waals surface area contributed by atoms with Crippen LogP contribution in [-0.4, -0.2) is 30.5 Å². The molecule has 1 aliphatic carbocycles. The molecule has 2 aromatic rings. The molecule has 2 heterocycles. The van der Waals surface area contributed by atoms with Crippen molar-refractivity contribution in [3.63, 3.8) is 0 Å². The Balaban J connectivity index is 1.37. The molecule has 4 nitrogen and oxygen atoms in total. The summed E-state index contributed by atoms with van der Waals surface area (Å²) < 4.78 is 0. The lowest BCUT2D eigenvalue weighted by Crippen LogP contribution is -2.30. The number of nitrogens with zero attached hydrogens (tertiary/aromatic N) is 2. The Bertz CT molecular complexity index is 931. The van der Waals surface area contributed by atoms with E-state index in [4.69, 9.17) is 16.6 Å². The minimum Gasteiger partial charge on any atom is -0.357 e. The average Bonchev–Trinajstić information content (AvgIpc) is 3.12. The quantitative estimate of drug-likeness (QED) is 0.745. The SMILES string of the molecule is CCC1=C(C(=O)NCCc2cccc(N3CCCCC3)n2)Cc2ccc(Cl)cc21. The highest BCUT2D eigenvalue weighted by Gasteiger charge is 2.25. The molecule has 1 aliphatic heterocycles. The van der Waals surface area contributed by atoms with Gasteiger partial charge in [0.15, 0.2) is 0 Å². The number of hydrogen-bond acceptors (Lipinski definition) is 3. The Morgan fingerprint density at radius 1 is 1.17 bits per heavy atom. The molecule has 1 saturated heterocycles. The minimum atomic E-state index is 0.0290. The summed E-state index contributed by atoms with van der Waals surface area (Å²) in [5, 5.41) is 3.82. The van der Waals surface area contributed by atoms with E-state index in [1.54, 1.807) is 0 Å². The fourth-order valence-electron chi connectivity index (χ4n) is 4.38. The molecule has 29 heavy (non-hydrogen) atoms. The molecule has 0 spiro atoms. The lowest BCUT2D eigenvalue weighted by molar-refractivity contribution is -0.117. The van der Waals surface area contributed by atoms with Gasteiger partial charge in [-0.05, 0) is 66.6 Å². The fourth-order valence-corrected chi connectivity index (χ4v) is 4.55. The standard InChI is InChI=1S/C24H28ClN3O/c1-2-20-21-16-18(25)10-9-17(21)15-22(20)24(29)26-12-11-19-7-6-8-23(27-19)28-13-4-3-5-14-28/h6-10,16H,2-5,11-15H2,1H3,(H,26,29). The number of carbonyl (C=O) groups is 1. The molecule has 0 saturated carbocycles. The average molecular weight is 410 g/mol. The summed E-state index contributed by atoms with van der Waals surface area (Å²) in [6.07, 6.45) is 6.05. The number of aromatic nitrogens is 1. The first kappa shape index (κ1) is 20.0. The first-order valence-electron chi connectivity index (χ1n) is 10.7. The van der Waals surface area contributed by atoms with Gasteiger partial charge in [-0.2, -0.15) is 0 Å². The van der Waals surface area contributed by atoms with Gasteiger partial charge in [0.1, 0.15) is 5.82 Å². The Hall–Kier alpha value is -2.33. The largest absolute Gasteiger partial charge is 0.357 e. The molecule has 5 heteroatoms. The molecule has 0 unspecified atom stereocenters. The summed E-state index contributed by atoms with van der Waals surface area (Å²) in [6, 6.07) is 12.1. The lowest BCUT2D eigenvalue weighted by Gasteiger charge is -2.28. The summed E-state index contributed by atoms with van der Waals surface area (Å²) in [5.41, 5.74) is 5.33. The van der Waals surface area contributed by atoms with Gasteiger partial charge in [0.05, 0.1) is 0 Å². The van der Waals surface area contributed by atoms with E-state index in [9.17, 15) is 4.79 Å². The van der Waals surface area contributed by atoms with Crippen LogP contribution in [0.4, 0.5) is 5.82 Å². The van der Waals surface area contributed by atoms with Gasteiger partial charge in [-0.3, -0.25) is 4.79 Å². The number of piperidine rings is 1. The Morgan fingerprint density at radius 3 is 2.79 bits per heavy atom. The van der Waals surface area contributed by atoms with E-state index in [1.165, 1.54) is 24.8 Å². The van der Waals surface area contributed by atoms with Gasteiger partial charge in [0, 0.05) is 48.8 Å². The van der Waals surface area contributed by atoms with Crippen LogP contribution >= 0.6 is 11.6 Å². The van der Waals surface area contributed by atoms with Gasteiger partial charge in [-0.15, -0.1) is 0 Å². The number of allylic oxidation sites excluding steroid dienone is 1. The van der Waals surface area contributed by atoms with Gasteiger partial charge in [-0.1, -0.05) is 30.7 Å². The molecule has 1 amide bonds. The summed E-state index contributed by atoms with van der Waals surface area (Å²) >= 11 is 6.16. The lowest BCUT2D eigenvalue weighted by atomic mass is 10.0. The molecule has 1 aromatic heterocycles. The Labute approximate surface area is 178 Å². The molecular weight excluding hydrogens is 382 g/mol. The molecule has 1 aromatic carbocycles. The zero-order valence-electron chi connectivity index (χ0n) is 17.0. The van der Waals surface area contributed by atoms with Crippen molar-refractivity contribution in [1.82, 2.24) is 10.3 Å². The van der Waals surface area contributed by atoms with Crippen molar-refractivity contribution in [3.05, 3.63) is 63.8 Å². The first-order chi connectivity index (χ1) is 14.2. The van der Waals surface area contributed by atoms with Crippen LogP contribution in [0.2, 0.25) is 5.02 Å². The number of nitrogens with one attached hydrogen (secondary N) is 1. The highest BCUT2D eigenvalue weighted by atomic mass is 35.5. The maximum Gasteiger partial charge on any atom is 0.247 e. The predicted molar refractivity (Wildman–Crippen MR) is 119 cm³/mol. The van der Waals surface area contributed by atoms with E-state index in [2.05, 4.69) is 29.3 Å². The van der Waals surface area contributed by atoms with E-state index in [-0.39, 0.29) is 5.91 Å². The molecule has 0 atom stereocenters. The van der Waals surface area contributed by atoms with Gasteiger partial charge in [-0.25, -0.2) is 4.98 Å². The summed E-state index contributed by atoms with van der Waals surface area (Å²) in [4.78, 5) is 20.0. The highest BCUT2D eigenvalue weighted by Crippen LogP contribution is 2.36. The van der Waals surface area contributed by atoms with Crippen molar-refractivity contribution in [1.29, 1.82) is 0 Å². The molecule has 1 N–H and O–H groups in total. The number of anilines is 1. The second-order valence-corrected chi connectivity index (χ2v) is 8.27. The number of halogens is 1. The van der Waals surface area contributed by atoms with Crippen molar-refractivity contribution >= 4 is 28.9 Å². The normalized spacial score (nSPS) is 16.1. The Kier molecular flexibility index (Phi) is 6.19. The summed E-state index contributed by atoms with van der Waals surface area (Å²) in [5.74, 6) is 1.09. The van der Waals surface area contributed by atoms with Crippen molar-refractivity contribution in [2.75, 3.05) is 24.5 Å². The van der Waals surface area contributed by atoms with Crippen molar-refractivity contribution in [3.8, 4) is 0 Å². The van der Waals surface area contributed by atoms with Crippen LogP contribution in [0.15, 0.2) is 42.0 Å². The van der Waals surface area contributed by atoms with Crippen molar-refractivity contribution < 1.29 is 4.79 Å². The van der Waals surface area contributed by atoms with Gasteiger partial charge >= 0.3 is 0 Å². The maximum absolute atomic E-state index is 12.8. The maximum atomic E-state index is 12.8.